The SMILES string of the molecule is CCC(CC)(CNC(C)C)CN(C)C1CC1. The Morgan fingerprint density at radius 1 is 1.25 bits per heavy atom. The molecule has 0 unspecified atom stereocenters. The molecule has 1 aliphatic rings. The molecule has 2 heteroatoms. The molecule has 0 aromatic rings. The molecule has 0 saturated heterocycles. The third kappa shape index (κ3) is 4.06. The van der Waals surface area contributed by atoms with Crippen LogP contribution in [0.2, 0.25) is 0 Å². The lowest BCUT2D eigenvalue weighted by molar-refractivity contribution is 0.147. The average Bonchev–Trinajstić information content (AvgIpc) is 3.07. The maximum Gasteiger partial charge on any atom is 0.00936 e. The Bertz CT molecular complexity index is 193. The molecule has 1 fully saturated rings. The quantitative estimate of drug-likeness (QED) is 0.684. The van der Waals surface area contributed by atoms with Gasteiger partial charge in [0.1, 0.15) is 0 Å². The second-order valence-electron chi connectivity index (χ2n) is 5.89. The molecule has 1 N–H and O–H groups in total. The molecule has 0 bridgehead atoms. The molecule has 0 radical (unpaired) electrons. The Kier molecular flexibility index (Phi) is 5.26. The normalized spacial score (nSPS) is 17.4. The predicted octanol–water partition coefficient (Wildman–Crippen LogP) is 2.89. The second-order valence-corrected chi connectivity index (χ2v) is 5.89. The van der Waals surface area contributed by atoms with E-state index in [9.17, 15) is 0 Å². The van der Waals surface area contributed by atoms with E-state index in [2.05, 4.69) is 45.0 Å². The Morgan fingerprint density at radius 2 is 1.81 bits per heavy atom. The fraction of sp³-hybridized carbons (Fsp3) is 1.00. The molecule has 0 spiro atoms. The van der Waals surface area contributed by atoms with Crippen molar-refractivity contribution >= 4 is 0 Å². The van der Waals surface area contributed by atoms with Crippen molar-refractivity contribution < 1.29 is 0 Å². The van der Waals surface area contributed by atoms with Crippen LogP contribution in [-0.4, -0.2) is 37.1 Å². The zero-order valence-electron chi connectivity index (χ0n) is 11.8. The molecule has 0 amide bonds. The van der Waals surface area contributed by atoms with Crippen LogP contribution in [0.5, 0.6) is 0 Å². The highest BCUT2D eigenvalue weighted by atomic mass is 15.2. The van der Waals surface area contributed by atoms with Crippen LogP contribution < -0.4 is 5.32 Å². The van der Waals surface area contributed by atoms with Gasteiger partial charge in [0.2, 0.25) is 0 Å². The zero-order chi connectivity index (χ0) is 12.2. The van der Waals surface area contributed by atoms with E-state index in [1.54, 1.807) is 0 Å². The minimum Gasteiger partial charge on any atom is -0.314 e. The van der Waals surface area contributed by atoms with Gasteiger partial charge in [0.05, 0.1) is 0 Å². The Morgan fingerprint density at radius 3 is 2.19 bits per heavy atom. The van der Waals surface area contributed by atoms with Gasteiger partial charge in [0.15, 0.2) is 0 Å². The van der Waals surface area contributed by atoms with Crippen molar-refractivity contribution in [3.05, 3.63) is 0 Å². The van der Waals surface area contributed by atoms with Gasteiger partial charge in [-0.15, -0.1) is 0 Å². The summed E-state index contributed by atoms with van der Waals surface area (Å²) in [5.41, 5.74) is 0.474. The Balaban J connectivity index is 2.47. The molecular weight excluding hydrogens is 196 g/mol. The Labute approximate surface area is 102 Å². The summed E-state index contributed by atoms with van der Waals surface area (Å²) >= 11 is 0. The van der Waals surface area contributed by atoms with Gasteiger partial charge in [-0.2, -0.15) is 0 Å². The third-order valence-electron chi connectivity index (χ3n) is 4.14. The Hall–Kier alpha value is -0.0800. The smallest absolute Gasteiger partial charge is 0.00936 e. The highest BCUT2D eigenvalue weighted by Crippen LogP contribution is 2.32. The monoisotopic (exact) mass is 226 g/mol. The van der Waals surface area contributed by atoms with Crippen molar-refractivity contribution in [3.63, 3.8) is 0 Å². The number of rotatable bonds is 8. The first-order valence-electron chi connectivity index (χ1n) is 6.96. The van der Waals surface area contributed by atoms with Gasteiger partial charge in [-0.1, -0.05) is 27.7 Å². The summed E-state index contributed by atoms with van der Waals surface area (Å²) in [6, 6.07) is 1.49. The van der Waals surface area contributed by atoms with E-state index in [0.29, 0.717) is 11.5 Å². The van der Waals surface area contributed by atoms with E-state index in [-0.39, 0.29) is 0 Å². The molecule has 1 aliphatic carbocycles. The fourth-order valence-electron chi connectivity index (χ4n) is 2.37. The van der Waals surface area contributed by atoms with Crippen LogP contribution >= 0.6 is 0 Å². The molecule has 1 saturated carbocycles. The topological polar surface area (TPSA) is 15.3 Å². The van der Waals surface area contributed by atoms with Crippen molar-refractivity contribution in [3.8, 4) is 0 Å². The molecule has 0 atom stereocenters. The summed E-state index contributed by atoms with van der Waals surface area (Å²) in [7, 11) is 2.30. The number of hydrogen-bond donors (Lipinski definition) is 1. The molecule has 16 heavy (non-hydrogen) atoms. The first-order valence-corrected chi connectivity index (χ1v) is 6.96. The van der Waals surface area contributed by atoms with Crippen LogP contribution in [0.25, 0.3) is 0 Å². The molecule has 2 nitrogen and oxygen atoms in total. The van der Waals surface area contributed by atoms with Gasteiger partial charge in [0, 0.05) is 25.2 Å². The largest absolute Gasteiger partial charge is 0.314 e. The van der Waals surface area contributed by atoms with Gasteiger partial charge in [-0.25, -0.2) is 0 Å². The minimum atomic E-state index is 0.474. The van der Waals surface area contributed by atoms with Gasteiger partial charge >= 0.3 is 0 Å². The minimum absolute atomic E-state index is 0.474. The van der Waals surface area contributed by atoms with Crippen molar-refractivity contribution in [2.24, 2.45) is 5.41 Å². The summed E-state index contributed by atoms with van der Waals surface area (Å²) in [6.07, 6.45) is 5.38. The van der Waals surface area contributed by atoms with Crippen LogP contribution in [0.4, 0.5) is 0 Å². The molecule has 0 aromatic carbocycles. The average molecular weight is 226 g/mol. The highest BCUT2D eigenvalue weighted by Gasteiger charge is 2.33. The fourth-order valence-corrected chi connectivity index (χ4v) is 2.37. The standard InChI is InChI=1S/C14H30N2/c1-6-14(7-2,10-15-12(3)4)11-16(5)13-8-9-13/h12-13,15H,6-11H2,1-5H3. The van der Waals surface area contributed by atoms with Crippen LogP contribution in [0.1, 0.15) is 53.4 Å². The van der Waals surface area contributed by atoms with Gasteiger partial charge < -0.3 is 10.2 Å². The van der Waals surface area contributed by atoms with E-state index >= 15 is 0 Å². The lowest BCUT2D eigenvalue weighted by Gasteiger charge is -2.37. The number of nitrogens with one attached hydrogen (secondary N) is 1. The van der Waals surface area contributed by atoms with Gasteiger partial charge in [0.25, 0.3) is 0 Å². The summed E-state index contributed by atoms with van der Waals surface area (Å²) < 4.78 is 0. The van der Waals surface area contributed by atoms with Crippen molar-refractivity contribution in [2.75, 3.05) is 20.1 Å². The predicted molar refractivity (Wildman–Crippen MR) is 71.8 cm³/mol. The van der Waals surface area contributed by atoms with Crippen molar-refractivity contribution in [1.29, 1.82) is 0 Å². The van der Waals surface area contributed by atoms with Crippen molar-refractivity contribution in [1.82, 2.24) is 10.2 Å². The molecule has 0 heterocycles. The molecule has 96 valence electrons. The zero-order valence-corrected chi connectivity index (χ0v) is 11.8. The second kappa shape index (κ2) is 6.02. The molecule has 1 rings (SSSR count). The van der Waals surface area contributed by atoms with E-state index in [4.69, 9.17) is 0 Å². The summed E-state index contributed by atoms with van der Waals surface area (Å²) in [5, 5.41) is 3.63. The van der Waals surface area contributed by atoms with Crippen LogP contribution in [0, 0.1) is 5.41 Å². The van der Waals surface area contributed by atoms with E-state index < -0.39 is 0 Å². The maximum absolute atomic E-state index is 3.63. The van der Waals surface area contributed by atoms with E-state index in [1.807, 2.05) is 0 Å². The first kappa shape index (κ1) is 14.0. The molecule has 0 aliphatic heterocycles. The summed E-state index contributed by atoms with van der Waals surface area (Å²) in [5.74, 6) is 0. The highest BCUT2D eigenvalue weighted by molar-refractivity contribution is 4.89. The number of hydrogen-bond acceptors (Lipinski definition) is 2. The van der Waals surface area contributed by atoms with Crippen LogP contribution in [0.3, 0.4) is 0 Å². The third-order valence-corrected chi connectivity index (χ3v) is 4.14. The van der Waals surface area contributed by atoms with Crippen molar-refractivity contribution in [2.45, 2.75) is 65.5 Å². The summed E-state index contributed by atoms with van der Waals surface area (Å²) in [6.45, 7) is 11.6. The van der Waals surface area contributed by atoms with E-state index in [1.165, 1.54) is 32.2 Å². The van der Waals surface area contributed by atoms with Crippen LogP contribution in [-0.2, 0) is 0 Å². The van der Waals surface area contributed by atoms with Gasteiger partial charge in [-0.3, -0.25) is 0 Å². The first-order chi connectivity index (χ1) is 7.53. The maximum atomic E-state index is 3.63. The number of nitrogens with zero attached hydrogens (tertiary/aromatic N) is 1. The summed E-state index contributed by atoms with van der Waals surface area (Å²) in [4.78, 5) is 2.58. The lowest BCUT2D eigenvalue weighted by Crippen LogP contribution is -2.44. The van der Waals surface area contributed by atoms with Gasteiger partial charge in [-0.05, 0) is 38.1 Å². The van der Waals surface area contributed by atoms with Crippen LogP contribution in [0.15, 0.2) is 0 Å². The van der Waals surface area contributed by atoms with E-state index in [0.717, 1.165) is 12.6 Å². The lowest BCUT2D eigenvalue weighted by atomic mass is 9.81. The molecular formula is C14H30N2. The molecule has 0 aromatic heterocycles.